The summed E-state index contributed by atoms with van der Waals surface area (Å²) in [6.45, 7) is 6.48. The predicted molar refractivity (Wildman–Crippen MR) is 150 cm³/mol. The molecule has 1 atom stereocenters. The summed E-state index contributed by atoms with van der Waals surface area (Å²) in [5.74, 6) is -0.444. The number of aryl methyl sites for hydroxylation is 1. The van der Waals surface area contributed by atoms with Crippen molar-refractivity contribution in [2.45, 2.75) is 32.7 Å². The number of nitrogens with zero attached hydrogens (tertiary/aromatic N) is 2. The number of hydrogen-bond acceptors (Lipinski definition) is 11. The van der Waals surface area contributed by atoms with Crippen LogP contribution >= 0.6 is 0 Å². The summed E-state index contributed by atoms with van der Waals surface area (Å²) in [4.78, 5) is 16.4. The zero-order valence-electron chi connectivity index (χ0n) is 24.1. The van der Waals surface area contributed by atoms with E-state index in [9.17, 15) is 26.4 Å². The van der Waals surface area contributed by atoms with Crippen molar-refractivity contribution in [3.8, 4) is 11.5 Å². The van der Waals surface area contributed by atoms with Crippen LogP contribution in [0.3, 0.4) is 0 Å². The van der Waals surface area contributed by atoms with Crippen LogP contribution in [-0.2, 0) is 33.6 Å². The number of para-hydroxylation sites is 1. The van der Waals surface area contributed by atoms with Gasteiger partial charge in [-0.15, -0.1) is 13.2 Å². The first kappa shape index (κ1) is 34.4. The summed E-state index contributed by atoms with van der Waals surface area (Å²) in [5.41, 5.74) is 1.42. The molecule has 0 amide bonds. The average molecular weight is 635 g/mol. The molecule has 3 rings (SSSR count). The van der Waals surface area contributed by atoms with Crippen LogP contribution in [0.2, 0.25) is 0 Å². The van der Waals surface area contributed by atoms with E-state index in [-0.39, 0.29) is 69.6 Å². The molecule has 0 N–H and O–H groups in total. The standard InChI is InChI=1S/C28H37F3N2O9S/c1-3-39-27(34)20-24(33-14-12-32(13-15-33)23-8-10-25(11-9-23)41-28(29,30)31)21-38-17-16-37-18-19-40-43(35,36)42-26-7-5-4-6-22(26)2/h4-11,24H,3,12-21H2,1-2H3. The fourth-order valence-corrected chi connectivity index (χ4v) is 5.06. The molecule has 1 fully saturated rings. The number of esters is 1. The van der Waals surface area contributed by atoms with Crippen molar-refractivity contribution < 1.29 is 53.7 Å². The largest absolute Gasteiger partial charge is 0.573 e. The molecular formula is C28H37F3N2O9S. The van der Waals surface area contributed by atoms with Crippen LogP contribution in [0.25, 0.3) is 0 Å². The minimum Gasteiger partial charge on any atom is -0.466 e. The zero-order valence-corrected chi connectivity index (χ0v) is 24.9. The monoisotopic (exact) mass is 634 g/mol. The van der Waals surface area contributed by atoms with Crippen molar-refractivity contribution in [3.63, 3.8) is 0 Å². The summed E-state index contributed by atoms with van der Waals surface area (Å²) in [5, 5.41) is 0. The summed E-state index contributed by atoms with van der Waals surface area (Å²) in [6, 6.07) is 12.1. The van der Waals surface area contributed by atoms with E-state index in [1.54, 1.807) is 44.2 Å². The molecule has 0 aromatic heterocycles. The zero-order chi connectivity index (χ0) is 31.3. The van der Waals surface area contributed by atoms with E-state index in [1.807, 2.05) is 4.90 Å². The third-order valence-corrected chi connectivity index (χ3v) is 7.24. The lowest BCUT2D eigenvalue weighted by Crippen LogP contribution is -2.52. The number of halogens is 3. The average Bonchev–Trinajstić information content (AvgIpc) is 2.95. The van der Waals surface area contributed by atoms with Crippen molar-refractivity contribution in [1.82, 2.24) is 4.90 Å². The minimum atomic E-state index is -4.75. The van der Waals surface area contributed by atoms with Gasteiger partial charge in [-0.1, -0.05) is 18.2 Å². The van der Waals surface area contributed by atoms with Crippen LogP contribution in [0.4, 0.5) is 18.9 Å². The lowest BCUT2D eigenvalue weighted by molar-refractivity contribution is -0.274. The van der Waals surface area contributed by atoms with Crippen LogP contribution in [0, 0.1) is 6.92 Å². The van der Waals surface area contributed by atoms with Gasteiger partial charge in [0.05, 0.1) is 46.1 Å². The molecule has 0 bridgehead atoms. The first-order valence-corrected chi connectivity index (χ1v) is 15.1. The molecule has 2 aromatic rings. The molecule has 15 heteroatoms. The Kier molecular flexibility index (Phi) is 13.3. The van der Waals surface area contributed by atoms with Crippen LogP contribution in [0.5, 0.6) is 11.5 Å². The van der Waals surface area contributed by atoms with Crippen molar-refractivity contribution in [3.05, 3.63) is 54.1 Å². The molecule has 0 radical (unpaired) electrons. The van der Waals surface area contributed by atoms with Crippen LogP contribution in [-0.4, -0.2) is 97.5 Å². The Morgan fingerprint density at radius 2 is 1.58 bits per heavy atom. The second-order valence-corrected chi connectivity index (χ2v) is 10.7. The number of carbonyl (C=O) groups excluding carboxylic acids is 1. The molecule has 0 spiro atoms. The Bertz CT molecular complexity index is 1240. The first-order chi connectivity index (χ1) is 20.5. The van der Waals surface area contributed by atoms with E-state index >= 15 is 0 Å². The van der Waals surface area contributed by atoms with Gasteiger partial charge in [0, 0.05) is 37.9 Å². The Labute approximate surface area is 249 Å². The maximum absolute atomic E-state index is 12.4. The number of benzene rings is 2. The molecule has 1 saturated heterocycles. The van der Waals surface area contributed by atoms with Gasteiger partial charge >= 0.3 is 22.7 Å². The highest BCUT2D eigenvalue weighted by molar-refractivity contribution is 7.82. The van der Waals surface area contributed by atoms with Gasteiger partial charge in [0.2, 0.25) is 0 Å². The molecule has 1 aliphatic rings. The van der Waals surface area contributed by atoms with E-state index in [4.69, 9.17) is 22.6 Å². The van der Waals surface area contributed by atoms with E-state index in [0.29, 0.717) is 31.7 Å². The van der Waals surface area contributed by atoms with Crippen molar-refractivity contribution in [2.75, 3.05) is 70.7 Å². The Morgan fingerprint density at radius 3 is 2.23 bits per heavy atom. The van der Waals surface area contributed by atoms with Gasteiger partial charge in [-0.2, -0.15) is 8.42 Å². The molecule has 1 unspecified atom stereocenters. The number of alkyl halides is 3. The molecule has 0 aliphatic carbocycles. The minimum absolute atomic E-state index is 0.00273. The highest BCUT2D eigenvalue weighted by Gasteiger charge is 2.31. The number of rotatable bonds is 17. The number of carbonyl (C=O) groups is 1. The van der Waals surface area contributed by atoms with E-state index in [0.717, 1.165) is 5.69 Å². The van der Waals surface area contributed by atoms with Gasteiger partial charge in [-0.3, -0.25) is 9.69 Å². The first-order valence-electron chi connectivity index (χ1n) is 13.8. The molecule has 1 aliphatic heterocycles. The fourth-order valence-electron chi connectivity index (χ4n) is 4.33. The predicted octanol–water partition coefficient (Wildman–Crippen LogP) is 3.71. The third-order valence-electron chi connectivity index (χ3n) is 6.40. The molecule has 0 saturated carbocycles. The van der Waals surface area contributed by atoms with Gasteiger partial charge in [0.15, 0.2) is 0 Å². The third kappa shape index (κ3) is 12.6. The molecule has 43 heavy (non-hydrogen) atoms. The summed E-state index contributed by atoms with van der Waals surface area (Å²) in [7, 11) is -4.24. The second-order valence-electron chi connectivity index (χ2n) is 9.49. The van der Waals surface area contributed by atoms with Crippen molar-refractivity contribution in [1.29, 1.82) is 0 Å². The normalized spacial score (nSPS) is 15.2. The summed E-state index contributed by atoms with van der Waals surface area (Å²) >= 11 is 0. The smallest absolute Gasteiger partial charge is 0.466 e. The lowest BCUT2D eigenvalue weighted by atomic mass is 10.1. The Hall–Kier alpha value is -3.11. The van der Waals surface area contributed by atoms with Gasteiger partial charge in [-0.05, 0) is 49.7 Å². The second kappa shape index (κ2) is 16.7. The van der Waals surface area contributed by atoms with E-state index in [2.05, 4.69) is 9.64 Å². The fraction of sp³-hybridized carbons (Fsp3) is 0.536. The number of anilines is 1. The van der Waals surface area contributed by atoms with Crippen LogP contribution < -0.4 is 13.8 Å². The van der Waals surface area contributed by atoms with Gasteiger partial charge in [0.1, 0.15) is 11.5 Å². The molecule has 2 aromatic carbocycles. The van der Waals surface area contributed by atoms with Gasteiger partial charge in [-0.25, -0.2) is 4.18 Å². The maximum Gasteiger partial charge on any atom is 0.573 e. The topological polar surface area (TPSA) is 113 Å². The number of hydrogen-bond donors (Lipinski definition) is 0. The summed E-state index contributed by atoms with van der Waals surface area (Å²) in [6.07, 6.45) is -4.62. The molecule has 1 heterocycles. The van der Waals surface area contributed by atoms with E-state index < -0.39 is 16.8 Å². The van der Waals surface area contributed by atoms with Gasteiger partial charge < -0.3 is 28.0 Å². The summed E-state index contributed by atoms with van der Waals surface area (Å²) < 4.78 is 91.2. The van der Waals surface area contributed by atoms with Crippen LogP contribution in [0.1, 0.15) is 18.9 Å². The Balaban J connectivity index is 1.38. The molecule has 240 valence electrons. The Morgan fingerprint density at radius 1 is 0.930 bits per heavy atom. The number of ether oxygens (including phenoxy) is 4. The molecule has 11 nitrogen and oxygen atoms in total. The highest BCUT2D eigenvalue weighted by atomic mass is 32.3. The van der Waals surface area contributed by atoms with Crippen LogP contribution in [0.15, 0.2) is 48.5 Å². The molecular weight excluding hydrogens is 597 g/mol. The maximum atomic E-state index is 12.4. The van der Waals surface area contributed by atoms with Crippen molar-refractivity contribution >= 4 is 22.1 Å². The SMILES string of the molecule is CCOC(=O)CC(COCCOCCOS(=O)(=O)Oc1ccccc1C)N1CCN(c2ccc(OC(F)(F)F)cc2)CC1. The van der Waals surface area contributed by atoms with Crippen molar-refractivity contribution in [2.24, 2.45) is 0 Å². The number of piperazine rings is 1. The lowest BCUT2D eigenvalue weighted by Gasteiger charge is -2.40. The highest BCUT2D eigenvalue weighted by Crippen LogP contribution is 2.26. The quantitative estimate of drug-likeness (QED) is 0.188. The van der Waals surface area contributed by atoms with E-state index in [1.165, 1.54) is 18.2 Å². The van der Waals surface area contributed by atoms with Gasteiger partial charge in [0.25, 0.3) is 0 Å².